The Hall–Kier alpha value is -2.93. The number of hydrogen-bond donors (Lipinski definition) is 0. The molecule has 0 fully saturated rings. The molecule has 1 aromatic heterocycles. The van der Waals surface area contributed by atoms with Gasteiger partial charge in [0.25, 0.3) is 5.56 Å². The maximum absolute atomic E-state index is 13.2. The van der Waals surface area contributed by atoms with Crippen LogP contribution >= 0.6 is 0 Å². The Morgan fingerprint density at radius 1 is 1.12 bits per heavy atom. The summed E-state index contributed by atoms with van der Waals surface area (Å²) in [5.74, 6) is 5.96. The molecule has 3 aromatic rings. The van der Waals surface area contributed by atoms with Crippen molar-refractivity contribution in [3.05, 3.63) is 76.1 Å². The maximum Gasteiger partial charge on any atom is 0.261 e. The molecule has 3 nitrogen and oxygen atoms in total. The molecule has 0 aliphatic carbocycles. The number of fused-ring (bicyclic) bond motifs is 1. The molecule has 0 N–H and O–H groups in total. The van der Waals surface area contributed by atoms with E-state index in [1.165, 1.54) is 12.1 Å². The van der Waals surface area contributed by atoms with E-state index in [1.54, 1.807) is 41.2 Å². The lowest BCUT2D eigenvalue weighted by Gasteiger charge is -2.08. The highest BCUT2D eigenvalue weighted by Gasteiger charge is 2.05. The minimum atomic E-state index is -0.312. The van der Waals surface area contributed by atoms with Crippen molar-refractivity contribution >= 4 is 10.9 Å². The molecular formula is C20H17FN2O. The first-order valence-corrected chi connectivity index (χ1v) is 7.80. The van der Waals surface area contributed by atoms with Gasteiger partial charge in [0.1, 0.15) is 5.82 Å². The molecule has 0 radical (unpaired) electrons. The molecule has 24 heavy (non-hydrogen) atoms. The van der Waals surface area contributed by atoms with Gasteiger partial charge in [0.2, 0.25) is 0 Å². The molecule has 0 unspecified atom stereocenters. The van der Waals surface area contributed by atoms with Crippen molar-refractivity contribution in [2.24, 2.45) is 5.92 Å². The molecule has 120 valence electrons. The SMILES string of the molecule is CC(C)Cn1cnc2cc(C#Cc3cccc(F)c3)ccc2c1=O. The quantitative estimate of drug-likeness (QED) is 0.676. The fraction of sp³-hybridized carbons (Fsp3) is 0.200. The summed E-state index contributed by atoms with van der Waals surface area (Å²) in [6.45, 7) is 4.76. The Morgan fingerprint density at radius 2 is 1.88 bits per heavy atom. The first kappa shape index (κ1) is 15.9. The standard InChI is InChI=1S/C20H17FN2O/c1-14(2)12-23-13-22-19-11-16(8-9-18(19)20(23)24)7-6-15-4-3-5-17(21)10-15/h3-5,8-11,13-14H,12H2,1-2H3. The summed E-state index contributed by atoms with van der Waals surface area (Å²) < 4.78 is 14.8. The number of nitrogens with zero attached hydrogens (tertiary/aromatic N) is 2. The number of benzene rings is 2. The third kappa shape index (κ3) is 3.52. The fourth-order valence-corrected chi connectivity index (χ4v) is 2.47. The predicted molar refractivity (Wildman–Crippen MR) is 93.2 cm³/mol. The zero-order valence-corrected chi connectivity index (χ0v) is 13.6. The summed E-state index contributed by atoms with van der Waals surface area (Å²) in [5.41, 5.74) is 1.92. The van der Waals surface area contributed by atoms with E-state index < -0.39 is 0 Å². The molecule has 0 atom stereocenters. The van der Waals surface area contributed by atoms with Crippen LogP contribution in [0.4, 0.5) is 4.39 Å². The van der Waals surface area contributed by atoms with Crippen molar-refractivity contribution in [1.29, 1.82) is 0 Å². The Balaban J connectivity index is 1.97. The van der Waals surface area contributed by atoms with E-state index >= 15 is 0 Å². The second kappa shape index (κ2) is 6.67. The van der Waals surface area contributed by atoms with Gasteiger partial charge in [0.05, 0.1) is 17.2 Å². The predicted octanol–water partition coefficient (Wildman–Crippen LogP) is 3.59. The van der Waals surface area contributed by atoms with E-state index in [4.69, 9.17) is 0 Å². The van der Waals surface area contributed by atoms with Crippen LogP contribution < -0.4 is 5.56 Å². The van der Waals surface area contributed by atoms with Gasteiger partial charge in [0.15, 0.2) is 0 Å². The van der Waals surface area contributed by atoms with Crippen LogP contribution in [0.5, 0.6) is 0 Å². The first-order chi connectivity index (χ1) is 11.5. The Kier molecular flexibility index (Phi) is 4.43. The Morgan fingerprint density at radius 3 is 2.58 bits per heavy atom. The third-order valence-corrected chi connectivity index (χ3v) is 3.56. The van der Waals surface area contributed by atoms with Crippen molar-refractivity contribution in [3.8, 4) is 11.8 Å². The van der Waals surface area contributed by atoms with Gasteiger partial charge >= 0.3 is 0 Å². The molecule has 4 heteroatoms. The van der Waals surface area contributed by atoms with Gasteiger partial charge in [-0.05, 0) is 42.3 Å². The van der Waals surface area contributed by atoms with Crippen LogP contribution in [0.15, 0.2) is 53.6 Å². The van der Waals surface area contributed by atoms with Crippen molar-refractivity contribution in [2.75, 3.05) is 0 Å². The minimum Gasteiger partial charge on any atom is -0.298 e. The highest BCUT2D eigenvalue weighted by molar-refractivity contribution is 5.79. The molecule has 2 aromatic carbocycles. The average Bonchev–Trinajstić information content (AvgIpc) is 2.55. The van der Waals surface area contributed by atoms with Crippen molar-refractivity contribution in [3.63, 3.8) is 0 Å². The van der Waals surface area contributed by atoms with Gasteiger partial charge in [-0.2, -0.15) is 0 Å². The number of hydrogen-bond acceptors (Lipinski definition) is 2. The van der Waals surface area contributed by atoms with E-state index in [9.17, 15) is 9.18 Å². The Labute approximate surface area is 139 Å². The zero-order valence-electron chi connectivity index (χ0n) is 13.6. The molecule has 0 saturated carbocycles. The Bertz CT molecular complexity index is 1010. The van der Waals surface area contributed by atoms with Crippen molar-refractivity contribution in [1.82, 2.24) is 9.55 Å². The van der Waals surface area contributed by atoms with Gasteiger partial charge in [-0.25, -0.2) is 9.37 Å². The second-order valence-electron chi connectivity index (χ2n) is 6.09. The van der Waals surface area contributed by atoms with Crippen LogP contribution in [0.3, 0.4) is 0 Å². The molecule has 0 saturated heterocycles. The topological polar surface area (TPSA) is 34.9 Å². The lowest BCUT2D eigenvalue weighted by Crippen LogP contribution is -2.22. The second-order valence-corrected chi connectivity index (χ2v) is 6.09. The normalized spacial score (nSPS) is 10.7. The monoisotopic (exact) mass is 320 g/mol. The lowest BCUT2D eigenvalue weighted by atomic mass is 10.1. The summed E-state index contributed by atoms with van der Waals surface area (Å²) in [6, 6.07) is 11.5. The van der Waals surface area contributed by atoms with Gasteiger partial charge in [-0.15, -0.1) is 0 Å². The van der Waals surface area contributed by atoms with E-state index in [2.05, 4.69) is 30.7 Å². The number of rotatable bonds is 2. The molecular weight excluding hydrogens is 303 g/mol. The van der Waals surface area contributed by atoms with Crippen molar-refractivity contribution in [2.45, 2.75) is 20.4 Å². The highest BCUT2D eigenvalue weighted by Crippen LogP contribution is 2.10. The summed E-state index contributed by atoms with van der Waals surface area (Å²) >= 11 is 0. The van der Waals surface area contributed by atoms with E-state index in [0.717, 1.165) is 5.56 Å². The molecule has 0 aliphatic heterocycles. The fourth-order valence-electron chi connectivity index (χ4n) is 2.47. The summed E-state index contributed by atoms with van der Waals surface area (Å²) in [4.78, 5) is 16.8. The van der Waals surface area contributed by atoms with Crippen molar-refractivity contribution < 1.29 is 4.39 Å². The van der Waals surface area contributed by atoms with Crippen LogP contribution in [0.25, 0.3) is 10.9 Å². The highest BCUT2D eigenvalue weighted by atomic mass is 19.1. The third-order valence-electron chi connectivity index (χ3n) is 3.56. The summed E-state index contributed by atoms with van der Waals surface area (Å²) in [7, 11) is 0. The smallest absolute Gasteiger partial charge is 0.261 e. The average molecular weight is 320 g/mol. The molecule has 0 aliphatic rings. The molecule has 0 spiro atoms. The molecule has 3 rings (SSSR count). The van der Waals surface area contributed by atoms with Gasteiger partial charge in [0, 0.05) is 17.7 Å². The van der Waals surface area contributed by atoms with Crippen LogP contribution in [0.1, 0.15) is 25.0 Å². The van der Waals surface area contributed by atoms with Crippen LogP contribution in [0, 0.1) is 23.6 Å². The van der Waals surface area contributed by atoms with Crippen LogP contribution in [-0.2, 0) is 6.54 Å². The van der Waals surface area contributed by atoms with Crippen LogP contribution in [0.2, 0.25) is 0 Å². The number of aromatic nitrogens is 2. The van der Waals surface area contributed by atoms with E-state index in [0.29, 0.717) is 28.9 Å². The minimum absolute atomic E-state index is 0.0432. The summed E-state index contributed by atoms with van der Waals surface area (Å²) in [5, 5.41) is 0.578. The van der Waals surface area contributed by atoms with E-state index in [-0.39, 0.29) is 11.4 Å². The largest absolute Gasteiger partial charge is 0.298 e. The van der Waals surface area contributed by atoms with E-state index in [1.807, 2.05) is 0 Å². The van der Waals surface area contributed by atoms with Crippen LogP contribution in [-0.4, -0.2) is 9.55 Å². The molecule has 1 heterocycles. The van der Waals surface area contributed by atoms with Gasteiger partial charge in [-0.3, -0.25) is 9.36 Å². The first-order valence-electron chi connectivity index (χ1n) is 7.80. The zero-order chi connectivity index (χ0) is 17.1. The lowest BCUT2D eigenvalue weighted by molar-refractivity contribution is 0.508. The molecule has 0 bridgehead atoms. The molecule has 0 amide bonds. The number of halogens is 1. The maximum atomic E-state index is 13.2. The summed E-state index contributed by atoms with van der Waals surface area (Å²) in [6.07, 6.45) is 1.58. The van der Waals surface area contributed by atoms with Gasteiger partial charge < -0.3 is 0 Å². The van der Waals surface area contributed by atoms with Gasteiger partial charge in [-0.1, -0.05) is 31.8 Å².